The lowest BCUT2D eigenvalue weighted by atomic mass is 9.85. The molecule has 0 bridgehead atoms. The van der Waals surface area contributed by atoms with Crippen molar-refractivity contribution in [3.05, 3.63) is 36.5 Å². The van der Waals surface area contributed by atoms with Gasteiger partial charge < -0.3 is 39.9 Å². The number of carbonyl (C=O) groups is 2. The van der Waals surface area contributed by atoms with Gasteiger partial charge in [-0.15, -0.1) is 0 Å². The fourth-order valence-electron chi connectivity index (χ4n) is 7.14. The first kappa shape index (κ1) is 57.1. The number of rotatable bonds is 39. The third-order valence-electron chi connectivity index (χ3n) is 11.0. The summed E-state index contributed by atoms with van der Waals surface area (Å²) in [6.07, 6.45) is 29.3. The van der Waals surface area contributed by atoms with E-state index < -0.39 is 75.7 Å². The molecular weight excluding hydrogens is 803 g/mol. The lowest BCUT2D eigenvalue weighted by molar-refractivity contribution is -0.220. The SMILES string of the molecule is CCCCCCCCC/C=C\C/C=C\C/C=C\CCC(=O)OC(COC(=O)CCCCCCCCCCCCCCCCC)COP(=O)(O)OC1[C@H](O)[C@H](O)C(O)[C@H](O)[C@H]1O. The van der Waals surface area contributed by atoms with Crippen LogP contribution in [0.25, 0.3) is 0 Å². The van der Waals surface area contributed by atoms with Crippen LogP contribution in [0, 0.1) is 0 Å². The first-order valence-corrected chi connectivity index (χ1v) is 25.3. The molecule has 0 saturated heterocycles. The molecule has 6 N–H and O–H groups in total. The second kappa shape index (κ2) is 37.4. The number of carbonyl (C=O) groups excluding carboxylic acids is 2. The smallest absolute Gasteiger partial charge is 0.462 e. The molecule has 0 aliphatic heterocycles. The topological polar surface area (TPSA) is 210 Å². The van der Waals surface area contributed by atoms with E-state index in [2.05, 4.69) is 38.2 Å². The summed E-state index contributed by atoms with van der Waals surface area (Å²) in [5.41, 5.74) is 0. The van der Waals surface area contributed by atoms with Crippen molar-refractivity contribution >= 4 is 19.8 Å². The molecule has 14 heteroatoms. The van der Waals surface area contributed by atoms with Crippen LogP contribution in [0.15, 0.2) is 36.5 Å². The van der Waals surface area contributed by atoms with Gasteiger partial charge in [0.2, 0.25) is 0 Å². The molecule has 1 aliphatic carbocycles. The van der Waals surface area contributed by atoms with Crippen molar-refractivity contribution in [1.82, 2.24) is 0 Å². The number of hydrogen-bond donors (Lipinski definition) is 6. The van der Waals surface area contributed by atoms with Crippen molar-refractivity contribution < 1.29 is 63.1 Å². The maximum absolute atomic E-state index is 12.8. The van der Waals surface area contributed by atoms with Crippen LogP contribution in [-0.2, 0) is 32.7 Å². The van der Waals surface area contributed by atoms with Gasteiger partial charge in [-0.2, -0.15) is 0 Å². The van der Waals surface area contributed by atoms with Crippen molar-refractivity contribution in [3.63, 3.8) is 0 Å². The fourth-order valence-corrected chi connectivity index (χ4v) is 8.11. The van der Waals surface area contributed by atoms with Gasteiger partial charge in [0, 0.05) is 12.8 Å². The van der Waals surface area contributed by atoms with Crippen LogP contribution in [0.4, 0.5) is 0 Å². The Kier molecular flexibility index (Phi) is 35.0. The Morgan fingerprint density at radius 3 is 1.41 bits per heavy atom. The Morgan fingerprint density at radius 2 is 0.918 bits per heavy atom. The maximum Gasteiger partial charge on any atom is 0.472 e. The van der Waals surface area contributed by atoms with Crippen LogP contribution < -0.4 is 0 Å². The van der Waals surface area contributed by atoms with Gasteiger partial charge in [0.05, 0.1) is 6.61 Å². The van der Waals surface area contributed by atoms with E-state index in [-0.39, 0.29) is 12.8 Å². The molecule has 0 aromatic rings. The molecule has 4 unspecified atom stereocenters. The third-order valence-corrected chi connectivity index (χ3v) is 12.0. The van der Waals surface area contributed by atoms with Crippen LogP contribution in [0.3, 0.4) is 0 Å². The summed E-state index contributed by atoms with van der Waals surface area (Å²) in [7, 11) is -5.13. The second-order valence-electron chi connectivity index (χ2n) is 16.6. The standard InChI is InChI=1S/C47H85O13P/c1-3-5-7-9-11-13-15-17-19-20-22-24-26-28-30-32-34-36-41(49)59-39(38-58-61(55,56)60-47-45(53)43(51)42(50)44(52)46(47)54)37-57-40(48)35-33-31-29-27-25-23-21-18-16-14-12-10-8-6-4-2/h19-20,24,26,30,32,39,42-47,50-54H,3-18,21-23,25,27-29,31,33-38H2,1-2H3,(H,55,56)/b20-19-,26-24-,32-30-/t39?,42?,43-,44+,45-,46-,47?/m1/s1. The highest BCUT2D eigenvalue weighted by molar-refractivity contribution is 7.47. The fraction of sp³-hybridized carbons (Fsp3) is 0.830. The Balaban J connectivity index is 2.49. The third kappa shape index (κ3) is 30.0. The Hall–Kier alpha value is -1.93. The molecule has 1 saturated carbocycles. The van der Waals surface area contributed by atoms with Crippen molar-refractivity contribution in [3.8, 4) is 0 Å². The molecule has 356 valence electrons. The maximum atomic E-state index is 12.8. The zero-order chi connectivity index (χ0) is 45.0. The first-order valence-electron chi connectivity index (χ1n) is 23.8. The number of hydrogen-bond acceptors (Lipinski definition) is 12. The van der Waals surface area contributed by atoms with E-state index in [9.17, 15) is 44.6 Å². The summed E-state index contributed by atoms with van der Waals surface area (Å²) < 4.78 is 33.5. The van der Waals surface area contributed by atoms with Gasteiger partial charge in [-0.3, -0.25) is 18.6 Å². The summed E-state index contributed by atoms with van der Waals surface area (Å²) >= 11 is 0. The van der Waals surface area contributed by atoms with Crippen molar-refractivity contribution in [1.29, 1.82) is 0 Å². The average molecular weight is 889 g/mol. The zero-order valence-electron chi connectivity index (χ0n) is 37.7. The molecular formula is C47H85O13P. The number of aliphatic hydroxyl groups is 5. The highest BCUT2D eigenvalue weighted by atomic mass is 31.2. The molecule has 1 rings (SSSR count). The number of aliphatic hydroxyl groups excluding tert-OH is 5. The van der Waals surface area contributed by atoms with Gasteiger partial charge in [-0.1, -0.05) is 179 Å². The van der Waals surface area contributed by atoms with Crippen molar-refractivity contribution in [2.75, 3.05) is 13.2 Å². The molecule has 8 atom stereocenters. The summed E-state index contributed by atoms with van der Waals surface area (Å²) in [6, 6.07) is 0. The van der Waals surface area contributed by atoms with E-state index >= 15 is 0 Å². The molecule has 0 radical (unpaired) electrons. The molecule has 0 spiro atoms. The number of ether oxygens (including phenoxy) is 2. The van der Waals surface area contributed by atoms with E-state index in [0.717, 1.165) is 32.1 Å². The molecule has 61 heavy (non-hydrogen) atoms. The summed E-state index contributed by atoms with van der Waals surface area (Å²) in [4.78, 5) is 35.7. The van der Waals surface area contributed by atoms with Gasteiger partial charge in [-0.25, -0.2) is 4.57 Å². The largest absolute Gasteiger partial charge is 0.472 e. The average Bonchev–Trinajstić information content (AvgIpc) is 3.24. The van der Waals surface area contributed by atoms with Crippen LogP contribution in [0.2, 0.25) is 0 Å². The molecule has 1 aliphatic rings. The number of allylic oxidation sites excluding steroid dienone is 6. The quantitative estimate of drug-likeness (QED) is 0.0147. The number of phosphoric acid groups is 1. The second-order valence-corrected chi connectivity index (χ2v) is 18.0. The summed E-state index contributed by atoms with van der Waals surface area (Å²) in [5, 5.41) is 50.1. The zero-order valence-corrected chi connectivity index (χ0v) is 38.6. The lowest BCUT2D eigenvalue weighted by Crippen LogP contribution is -2.64. The van der Waals surface area contributed by atoms with Gasteiger partial charge in [0.1, 0.15) is 43.2 Å². The highest BCUT2D eigenvalue weighted by Gasteiger charge is 2.51. The van der Waals surface area contributed by atoms with Gasteiger partial charge in [0.25, 0.3) is 0 Å². The Labute approximate surface area is 368 Å². The molecule has 13 nitrogen and oxygen atoms in total. The normalized spacial score (nSPS) is 22.3. The van der Waals surface area contributed by atoms with Crippen LogP contribution in [0.1, 0.15) is 194 Å². The van der Waals surface area contributed by atoms with Gasteiger partial charge in [-0.05, 0) is 38.5 Å². The minimum absolute atomic E-state index is 0.0169. The number of unbranched alkanes of at least 4 members (excludes halogenated alkanes) is 21. The van der Waals surface area contributed by atoms with Gasteiger partial charge >= 0.3 is 19.8 Å². The van der Waals surface area contributed by atoms with Gasteiger partial charge in [0.15, 0.2) is 6.10 Å². The summed E-state index contributed by atoms with van der Waals surface area (Å²) in [5.74, 6) is -1.18. The van der Waals surface area contributed by atoms with Crippen molar-refractivity contribution in [2.45, 2.75) is 236 Å². The molecule has 0 aromatic carbocycles. The predicted octanol–water partition coefficient (Wildman–Crippen LogP) is 9.39. The Bertz CT molecular complexity index is 1210. The lowest BCUT2D eigenvalue weighted by Gasteiger charge is -2.41. The molecule has 1 fully saturated rings. The molecule has 0 amide bonds. The van der Waals surface area contributed by atoms with E-state index in [1.165, 1.54) is 116 Å². The monoisotopic (exact) mass is 889 g/mol. The van der Waals surface area contributed by atoms with Crippen molar-refractivity contribution in [2.24, 2.45) is 0 Å². The van der Waals surface area contributed by atoms with E-state index in [0.29, 0.717) is 19.3 Å². The van der Waals surface area contributed by atoms with Crippen LogP contribution >= 0.6 is 7.82 Å². The Morgan fingerprint density at radius 1 is 0.508 bits per heavy atom. The van der Waals surface area contributed by atoms with Crippen LogP contribution in [0.5, 0.6) is 0 Å². The van der Waals surface area contributed by atoms with E-state index in [1.807, 2.05) is 12.2 Å². The van der Waals surface area contributed by atoms with E-state index in [4.69, 9.17) is 18.5 Å². The van der Waals surface area contributed by atoms with E-state index in [1.54, 1.807) is 0 Å². The molecule has 0 heterocycles. The number of phosphoric ester groups is 1. The first-order chi connectivity index (χ1) is 29.4. The highest BCUT2D eigenvalue weighted by Crippen LogP contribution is 2.47. The van der Waals surface area contributed by atoms with Crippen LogP contribution in [-0.4, -0.2) is 98.3 Å². The predicted molar refractivity (Wildman–Crippen MR) is 240 cm³/mol. The minimum Gasteiger partial charge on any atom is -0.462 e. The molecule has 0 aromatic heterocycles. The minimum atomic E-state index is -5.13. The number of esters is 2. The summed E-state index contributed by atoms with van der Waals surface area (Å²) in [6.45, 7) is 3.25.